The fourth-order valence-corrected chi connectivity index (χ4v) is 1.55. The minimum atomic E-state index is 1.11. The van der Waals surface area contributed by atoms with Crippen LogP contribution in [-0.2, 0) is 0 Å². The van der Waals surface area contributed by atoms with Crippen LogP contribution in [0.1, 0.15) is 59.8 Å². The Hall–Kier alpha value is -1.04. The van der Waals surface area contributed by atoms with E-state index in [-0.39, 0.29) is 0 Å². The molecule has 1 aliphatic rings. The minimum absolute atomic E-state index is 1.11. The second kappa shape index (κ2) is 15.0. The Morgan fingerprint density at radius 1 is 0.941 bits per heavy atom. The normalized spacial score (nSPS) is 24.0. The molecule has 0 aromatic rings. The van der Waals surface area contributed by atoms with Crippen LogP contribution in [0.25, 0.3) is 0 Å². The maximum absolute atomic E-state index is 3.00. The minimum Gasteiger partial charge on any atom is -0.106 e. The maximum atomic E-state index is 3.00. The van der Waals surface area contributed by atoms with Crippen LogP contribution >= 0.6 is 0 Å². The van der Waals surface area contributed by atoms with E-state index < -0.39 is 0 Å². The molecular weight excluding hydrogens is 204 g/mol. The van der Waals surface area contributed by atoms with Crippen molar-refractivity contribution in [3.8, 4) is 0 Å². The van der Waals surface area contributed by atoms with Crippen molar-refractivity contribution < 1.29 is 0 Å². The molecule has 0 heteroatoms. The average Bonchev–Trinajstić information content (AvgIpc) is 2.42. The van der Waals surface area contributed by atoms with Crippen LogP contribution in [0.5, 0.6) is 0 Å². The molecule has 0 amide bonds. The Morgan fingerprint density at radius 2 is 1.59 bits per heavy atom. The van der Waals surface area contributed by atoms with Crippen LogP contribution < -0.4 is 0 Å². The van der Waals surface area contributed by atoms with E-state index in [0.717, 1.165) is 12.8 Å². The zero-order chi connectivity index (χ0) is 13.5. The lowest BCUT2D eigenvalue weighted by atomic mass is 10.1. The highest BCUT2D eigenvalue weighted by Gasteiger charge is 1.92. The molecule has 0 atom stereocenters. The summed E-state index contributed by atoms with van der Waals surface area (Å²) >= 11 is 0. The van der Waals surface area contributed by atoms with E-state index >= 15 is 0 Å². The van der Waals surface area contributed by atoms with E-state index in [4.69, 9.17) is 0 Å². The fraction of sp³-hybridized carbons (Fsp3) is 0.529. The maximum Gasteiger partial charge on any atom is -0.0141 e. The second-order valence-electron chi connectivity index (χ2n) is 3.90. The highest BCUT2D eigenvalue weighted by Crippen LogP contribution is 2.12. The summed E-state index contributed by atoms with van der Waals surface area (Å²) in [7, 11) is 0. The molecule has 17 heavy (non-hydrogen) atoms. The Balaban J connectivity index is 0. The van der Waals surface area contributed by atoms with E-state index in [2.05, 4.69) is 51.3 Å². The first-order valence-corrected chi connectivity index (χ1v) is 6.75. The van der Waals surface area contributed by atoms with Gasteiger partial charge in [-0.15, -0.1) is 13.2 Å². The van der Waals surface area contributed by atoms with Crippen LogP contribution in [0.4, 0.5) is 0 Å². The molecule has 0 N–H and O–H groups in total. The van der Waals surface area contributed by atoms with Gasteiger partial charge in [-0.05, 0) is 46.0 Å². The van der Waals surface area contributed by atoms with Gasteiger partial charge in [0, 0.05) is 0 Å². The molecule has 0 aromatic carbocycles. The van der Waals surface area contributed by atoms with Gasteiger partial charge in [-0.2, -0.15) is 0 Å². The molecule has 0 saturated carbocycles. The lowest BCUT2D eigenvalue weighted by Gasteiger charge is -1.98. The summed E-state index contributed by atoms with van der Waals surface area (Å²) in [6.45, 7) is 14.5. The first kappa shape index (κ1) is 18.3. The molecule has 1 aliphatic carbocycles. The molecular formula is C17H30. The molecule has 0 unspecified atom stereocenters. The number of hydrogen-bond acceptors (Lipinski definition) is 0. The molecule has 0 fully saturated rings. The smallest absolute Gasteiger partial charge is 0.0141 e. The van der Waals surface area contributed by atoms with E-state index in [0.29, 0.717) is 0 Å². The van der Waals surface area contributed by atoms with Gasteiger partial charge in [-0.3, -0.25) is 0 Å². The topological polar surface area (TPSA) is 0 Å². The summed E-state index contributed by atoms with van der Waals surface area (Å²) in [5, 5.41) is 0. The zero-order valence-electron chi connectivity index (χ0n) is 12.3. The summed E-state index contributed by atoms with van der Waals surface area (Å²) in [6.07, 6.45) is 15.3. The highest BCUT2D eigenvalue weighted by atomic mass is 14.0. The lowest BCUT2D eigenvalue weighted by Crippen LogP contribution is -1.78. The third-order valence-electron chi connectivity index (χ3n) is 2.48. The summed E-state index contributed by atoms with van der Waals surface area (Å²) in [6, 6.07) is 0. The average molecular weight is 234 g/mol. The van der Waals surface area contributed by atoms with Gasteiger partial charge in [0.15, 0.2) is 0 Å². The summed E-state index contributed by atoms with van der Waals surface area (Å²) < 4.78 is 0. The molecule has 0 heterocycles. The van der Waals surface area contributed by atoms with E-state index in [9.17, 15) is 0 Å². The first-order chi connectivity index (χ1) is 8.29. The second-order valence-corrected chi connectivity index (χ2v) is 3.90. The SMILES string of the molecule is C/C1=C/CCC/C(C)=C\C/C=C\C1.C=C.CC. The quantitative estimate of drug-likeness (QED) is 0.436. The molecule has 0 spiro atoms. The lowest BCUT2D eigenvalue weighted by molar-refractivity contribution is 0.824. The van der Waals surface area contributed by atoms with Crippen LogP contribution in [-0.4, -0.2) is 0 Å². The van der Waals surface area contributed by atoms with Gasteiger partial charge < -0.3 is 0 Å². The van der Waals surface area contributed by atoms with Gasteiger partial charge in [0.25, 0.3) is 0 Å². The molecule has 0 bridgehead atoms. The van der Waals surface area contributed by atoms with Gasteiger partial charge in [-0.1, -0.05) is 49.3 Å². The monoisotopic (exact) mass is 234 g/mol. The standard InChI is InChI=1S/C13H20.C2H6.C2H4/c1-12-8-4-3-5-9-13(2)11-7-6-10-12;2*1-2/h3-4,9-10H,5-8,11H2,1-2H3;1-2H3;1-2H2/b4-3-,12-10-,13-9-;;. The molecule has 0 aromatic heterocycles. The zero-order valence-corrected chi connectivity index (χ0v) is 12.3. The molecule has 0 radical (unpaired) electrons. The van der Waals surface area contributed by atoms with E-state index in [1.54, 1.807) is 0 Å². The van der Waals surface area contributed by atoms with Crippen molar-refractivity contribution in [2.45, 2.75) is 59.8 Å². The van der Waals surface area contributed by atoms with Crippen LogP contribution in [0.3, 0.4) is 0 Å². The van der Waals surface area contributed by atoms with E-state index in [1.807, 2.05) is 13.8 Å². The highest BCUT2D eigenvalue weighted by molar-refractivity contribution is 5.09. The first-order valence-electron chi connectivity index (χ1n) is 6.75. The number of hydrogen-bond donors (Lipinski definition) is 0. The van der Waals surface area contributed by atoms with Gasteiger partial charge in [0.05, 0.1) is 0 Å². The molecule has 1 rings (SSSR count). The Morgan fingerprint density at radius 3 is 2.24 bits per heavy atom. The Bertz CT molecular complexity index is 241. The Labute approximate surface area is 109 Å². The summed E-state index contributed by atoms with van der Waals surface area (Å²) in [5.74, 6) is 0. The molecule has 0 saturated heterocycles. The third kappa shape index (κ3) is 12.9. The van der Waals surface area contributed by atoms with Crippen molar-refractivity contribution in [3.63, 3.8) is 0 Å². The van der Waals surface area contributed by atoms with E-state index in [1.165, 1.54) is 30.4 Å². The van der Waals surface area contributed by atoms with Crippen molar-refractivity contribution in [3.05, 3.63) is 48.6 Å². The van der Waals surface area contributed by atoms with Gasteiger partial charge in [0.2, 0.25) is 0 Å². The number of rotatable bonds is 0. The van der Waals surface area contributed by atoms with Crippen LogP contribution in [0.2, 0.25) is 0 Å². The third-order valence-corrected chi connectivity index (χ3v) is 2.48. The predicted molar refractivity (Wildman–Crippen MR) is 82.3 cm³/mol. The van der Waals surface area contributed by atoms with Crippen molar-refractivity contribution >= 4 is 0 Å². The predicted octanol–water partition coefficient (Wildman–Crippen LogP) is 6.23. The molecule has 0 nitrogen and oxygen atoms in total. The van der Waals surface area contributed by atoms with Crippen molar-refractivity contribution in [1.29, 1.82) is 0 Å². The van der Waals surface area contributed by atoms with Crippen molar-refractivity contribution in [2.75, 3.05) is 0 Å². The van der Waals surface area contributed by atoms with Crippen molar-refractivity contribution in [2.24, 2.45) is 0 Å². The van der Waals surface area contributed by atoms with Crippen LogP contribution in [0, 0.1) is 0 Å². The fourth-order valence-electron chi connectivity index (χ4n) is 1.55. The van der Waals surface area contributed by atoms with Crippen molar-refractivity contribution in [1.82, 2.24) is 0 Å². The summed E-state index contributed by atoms with van der Waals surface area (Å²) in [4.78, 5) is 0. The van der Waals surface area contributed by atoms with Gasteiger partial charge in [0.1, 0.15) is 0 Å². The molecule has 98 valence electrons. The Kier molecular flexibility index (Phi) is 16.1. The number of allylic oxidation sites excluding steroid dienone is 6. The van der Waals surface area contributed by atoms with Gasteiger partial charge in [-0.25, -0.2) is 0 Å². The van der Waals surface area contributed by atoms with Crippen LogP contribution in [0.15, 0.2) is 48.6 Å². The largest absolute Gasteiger partial charge is 0.106 e. The summed E-state index contributed by atoms with van der Waals surface area (Å²) in [5.41, 5.74) is 3.05. The van der Waals surface area contributed by atoms with Gasteiger partial charge >= 0.3 is 0 Å². The molecule has 0 aliphatic heterocycles.